The number of benzene rings is 2. The van der Waals surface area contributed by atoms with Crippen molar-refractivity contribution in [3.8, 4) is 5.75 Å². The second-order valence-electron chi connectivity index (χ2n) is 4.58. The molecule has 2 aromatic carbocycles. The molecule has 0 saturated carbocycles. The first-order valence-electron chi connectivity index (χ1n) is 6.70. The smallest absolute Gasteiger partial charge is 0.255 e. The number of hydrogen-bond acceptors (Lipinski definition) is 2. The molecule has 0 aliphatic rings. The maximum atomic E-state index is 12.3. The number of rotatable bonds is 5. The van der Waals surface area contributed by atoms with Gasteiger partial charge in [0.15, 0.2) is 5.75 Å². The highest BCUT2D eigenvalue weighted by atomic mass is 127. The van der Waals surface area contributed by atoms with Crippen molar-refractivity contribution < 1.29 is 9.53 Å². The minimum atomic E-state index is -0.271. The molecular weight excluding hydrogens is 436 g/mol. The molecule has 0 radical (unpaired) electrons. The summed E-state index contributed by atoms with van der Waals surface area (Å²) in [5.41, 5.74) is 1.10. The summed E-state index contributed by atoms with van der Waals surface area (Å²) in [4.78, 5) is 12.3. The molecule has 0 saturated heterocycles. The van der Waals surface area contributed by atoms with Gasteiger partial charge in [0.1, 0.15) is 0 Å². The second kappa shape index (κ2) is 8.04. The Morgan fingerprint density at radius 3 is 2.32 bits per heavy atom. The fraction of sp³-hybridized carbons (Fsp3) is 0.188. The summed E-state index contributed by atoms with van der Waals surface area (Å²) in [5.74, 6) is 0.142. The van der Waals surface area contributed by atoms with Gasteiger partial charge in [-0.05, 0) is 65.4 Å². The first-order valence-corrected chi connectivity index (χ1v) is 8.53. The number of anilines is 1. The molecule has 0 aromatic heterocycles. The normalized spacial score (nSPS) is 10.4. The lowest BCUT2D eigenvalue weighted by Crippen LogP contribution is -2.12. The van der Waals surface area contributed by atoms with E-state index in [1.807, 2.05) is 31.2 Å². The van der Waals surface area contributed by atoms with E-state index in [1.54, 1.807) is 12.1 Å². The lowest BCUT2D eigenvalue weighted by molar-refractivity contribution is 0.102. The number of hydrogen-bond donors (Lipinski definition) is 1. The average molecular weight is 450 g/mol. The molecule has 22 heavy (non-hydrogen) atoms. The van der Waals surface area contributed by atoms with Crippen LogP contribution in [0.4, 0.5) is 5.69 Å². The third-order valence-electron chi connectivity index (χ3n) is 2.81. The molecule has 116 valence electrons. The number of nitrogens with one attached hydrogen (secondary N) is 1. The van der Waals surface area contributed by atoms with Gasteiger partial charge in [-0.1, -0.05) is 30.1 Å². The maximum absolute atomic E-state index is 12.3. The Morgan fingerprint density at radius 1 is 1.18 bits per heavy atom. The van der Waals surface area contributed by atoms with Crippen LogP contribution in [0.2, 0.25) is 10.0 Å². The van der Waals surface area contributed by atoms with Gasteiger partial charge in [0, 0.05) is 14.8 Å². The van der Waals surface area contributed by atoms with Crippen LogP contribution >= 0.6 is 45.8 Å². The number of amides is 1. The van der Waals surface area contributed by atoms with Crippen LogP contribution in [0.1, 0.15) is 23.7 Å². The Labute approximate surface area is 153 Å². The van der Waals surface area contributed by atoms with E-state index in [2.05, 4.69) is 27.9 Å². The Morgan fingerprint density at radius 2 is 1.77 bits per heavy atom. The largest absolute Gasteiger partial charge is 0.490 e. The van der Waals surface area contributed by atoms with Gasteiger partial charge < -0.3 is 10.1 Å². The summed E-state index contributed by atoms with van der Waals surface area (Å²) in [6.45, 7) is 2.51. The van der Waals surface area contributed by atoms with Crippen LogP contribution < -0.4 is 10.1 Å². The monoisotopic (exact) mass is 449 g/mol. The van der Waals surface area contributed by atoms with Gasteiger partial charge >= 0.3 is 0 Å². The predicted octanol–water partition coefficient (Wildman–Crippen LogP) is 5.64. The van der Waals surface area contributed by atoms with Gasteiger partial charge in [0.25, 0.3) is 5.91 Å². The standard InChI is InChI=1S/C16H14Cl2INO2/c1-2-7-22-15-13(17)8-10(9-14(15)18)16(21)20-12-5-3-11(19)4-6-12/h3-6,8-9H,2,7H2,1H3,(H,20,21). The lowest BCUT2D eigenvalue weighted by Gasteiger charge is -2.11. The van der Waals surface area contributed by atoms with Gasteiger partial charge in [0.2, 0.25) is 0 Å². The number of carbonyl (C=O) groups excluding carboxylic acids is 1. The summed E-state index contributed by atoms with van der Waals surface area (Å²) in [6.07, 6.45) is 0.849. The van der Waals surface area contributed by atoms with Crippen molar-refractivity contribution in [2.45, 2.75) is 13.3 Å². The molecule has 0 unspecified atom stereocenters. The molecule has 0 aliphatic heterocycles. The van der Waals surface area contributed by atoms with E-state index in [1.165, 1.54) is 0 Å². The van der Waals surface area contributed by atoms with E-state index in [0.29, 0.717) is 33.7 Å². The molecule has 0 atom stereocenters. The molecule has 3 nitrogen and oxygen atoms in total. The summed E-state index contributed by atoms with van der Waals surface area (Å²) in [7, 11) is 0. The topological polar surface area (TPSA) is 38.3 Å². The van der Waals surface area contributed by atoms with Crippen molar-refractivity contribution >= 4 is 57.4 Å². The fourth-order valence-corrected chi connectivity index (χ4v) is 2.73. The number of carbonyl (C=O) groups is 1. The van der Waals surface area contributed by atoms with Crippen LogP contribution in [-0.2, 0) is 0 Å². The molecule has 1 amide bonds. The van der Waals surface area contributed by atoms with E-state index >= 15 is 0 Å². The van der Waals surface area contributed by atoms with Crippen molar-refractivity contribution in [2.75, 3.05) is 11.9 Å². The highest BCUT2D eigenvalue weighted by Gasteiger charge is 2.14. The first kappa shape index (κ1) is 17.4. The summed E-state index contributed by atoms with van der Waals surface area (Å²) < 4.78 is 6.58. The van der Waals surface area contributed by atoms with Gasteiger partial charge in [-0.2, -0.15) is 0 Å². The molecule has 6 heteroatoms. The van der Waals surface area contributed by atoms with Crippen LogP contribution in [0.25, 0.3) is 0 Å². The van der Waals surface area contributed by atoms with E-state index in [9.17, 15) is 4.79 Å². The van der Waals surface area contributed by atoms with Gasteiger partial charge in [-0.25, -0.2) is 0 Å². The molecule has 1 N–H and O–H groups in total. The second-order valence-corrected chi connectivity index (χ2v) is 6.64. The Hall–Kier alpha value is -0.980. The van der Waals surface area contributed by atoms with Gasteiger partial charge in [-0.3, -0.25) is 4.79 Å². The van der Waals surface area contributed by atoms with Gasteiger partial charge in [0.05, 0.1) is 16.7 Å². The average Bonchev–Trinajstić information content (AvgIpc) is 2.48. The first-order chi connectivity index (χ1) is 10.5. The molecule has 0 bridgehead atoms. The zero-order valence-corrected chi connectivity index (χ0v) is 15.5. The Balaban J connectivity index is 2.18. The van der Waals surface area contributed by atoms with Crippen molar-refractivity contribution in [1.29, 1.82) is 0 Å². The van der Waals surface area contributed by atoms with E-state index in [-0.39, 0.29) is 5.91 Å². The number of ether oxygens (including phenoxy) is 1. The molecular formula is C16H14Cl2INO2. The van der Waals surface area contributed by atoms with Gasteiger partial charge in [-0.15, -0.1) is 0 Å². The Bertz CT molecular complexity index is 651. The maximum Gasteiger partial charge on any atom is 0.255 e. The third kappa shape index (κ3) is 4.51. The number of halogens is 3. The SMILES string of the molecule is CCCOc1c(Cl)cc(C(=O)Nc2ccc(I)cc2)cc1Cl. The van der Waals surface area contributed by atoms with Crippen molar-refractivity contribution in [3.05, 3.63) is 55.6 Å². The zero-order valence-electron chi connectivity index (χ0n) is 11.8. The highest BCUT2D eigenvalue weighted by Crippen LogP contribution is 2.34. The minimum Gasteiger partial charge on any atom is -0.490 e. The summed E-state index contributed by atoms with van der Waals surface area (Å²) >= 11 is 14.5. The fourth-order valence-electron chi connectivity index (χ4n) is 1.77. The molecule has 0 aliphatic carbocycles. The molecule has 2 rings (SSSR count). The van der Waals surface area contributed by atoms with Crippen LogP contribution in [0.15, 0.2) is 36.4 Å². The quantitative estimate of drug-likeness (QED) is 0.600. The summed E-state index contributed by atoms with van der Waals surface area (Å²) in [5, 5.41) is 3.46. The van der Waals surface area contributed by atoms with Crippen molar-refractivity contribution in [3.63, 3.8) is 0 Å². The van der Waals surface area contributed by atoms with Crippen molar-refractivity contribution in [2.24, 2.45) is 0 Å². The summed E-state index contributed by atoms with van der Waals surface area (Å²) in [6, 6.07) is 10.6. The molecule has 0 heterocycles. The molecule has 0 spiro atoms. The highest BCUT2D eigenvalue weighted by molar-refractivity contribution is 14.1. The zero-order chi connectivity index (χ0) is 16.1. The lowest BCUT2D eigenvalue weighted by atomic mass is 10.2. The van der Waals surface area contributed by atoms with E-state index in [0.717, 1.165) is 9.99 Å². The van der Waals surface area contributed by atoms with E-state index in [4.69, 9.17) is 27.9 Å². The predicted molar refractivity (Wildman–Crippen MR) is 99.4 cm³/mol. The Kier molecular flexibility index (Phi) is 6.35. The van der Waals surface area contributed by atoms with Crippen molar-refractivity contribution in [1.82, 2.24) is 0 Å². The minimum absolute atomic E-state index is 0.271. The van der Waals surface area contributed by atoms with Crippen LogP contribution in [-0.4, -0.2) is 12.5 Å². The van der Waals surface area contributed by atoms with Crippen LogP contribution in [0.5, 0.6) is 5.75 Å². The molecule has 2 aromatic rings. The van der Waals surface area contributed by atoms with Crippen LogP contribution in [0, 0.1) is 3.57 Å². The molecule has 0 fully saturated rings. The van der Waals surface area contributed by atoms with E-state index < -0.39 is 0 Å². The van der Waals surface area contributed by atoms with Crippen LogP contribution in [0.3, 0.4) is 0 Å². The third-order valence-corrected chi connectivity index (χ3v) is 4.09.